The van der Waals surface area contributed by atoms with Crippen LogP contribution < -0.4 is 10.2 Å². The molecule has 1 aromatic heterocycles. The van der Waals surface area contributed by atoms with Gasteiger partial charge in [-0.15, -0.1) is 0 Å². The summed E-state index contributed by atoms with van der Waals surface area (Å²) in [5.41, 5.74) is 1.25. The lowest BCUT2D eigenvalue weighted by Crippen LogP contribution is -2.32. The summed E-state index contributed by atoms with van der Waals surface area (Å²) in [5, 5.41) is 3.45. The summed E-state index contributed by atoms with van der Waals surface area (Å²) in [5.74, 6) is 2.53. The molecule has 0 radical (unpaired) electrons. The molecule has 1 atom stereocenters. The Morgan fingerprint density at radius 2 is 2.14 bits per heavy atom. The molecule has 2 rings (SSSR count). The lowest BCUT2D eigenvalue weighted by Gasteiger charge is -2.25. The minimum absolute atomic E-state index is 0.416. The van der Waals surface area contributed by atoms with Crippen molar-refractivity contribution in [1.29, 1.82) is 0 Å². The number of hydrogen-bond donors (Lipinski definition) is 1. The summed E-state index contributed by atoms with van der Waals surface area (Å²) in [6.45, 7) is 9.70. The van der Waals surface area contributed by atoms with Gasteiger partial charge in [0.05, 0.1) is 0 Å². The number of nitrogens with zero attached hydrogens (tertiary/aromatic N) is 4. The third-order valence-electron chi connectivity index (χ3n) is 4.18. The normalized spacial score (nSPS) is 18.8. The SMILES string of the molecule is CCCNc1ncnc(N2CCC(N(C)C)C2)c1C(C)C. The van der Waals surface area contributed by atoms with Gasteiger partial charge in [-0.2, -0.15) is 0 Å². The molecule has 0 aromatic carbocycles. The molecule has 1 aliphatic heterocycles. The second-order valence-corrected chi connectivity index (χ2v) is 6.39. The van der Waals surface area contributed by atoms with E-state index < -0.39 is 0 Å². The summed E-state index contributed by atoms with van der Waals surface area (Å²) < 4.78 is 0. The first-order chi connectivity index (χ1) is 10.0. The lowest BCUT2D eigenvalue weighted by atomic mass is 10.0. The van der Waals surface area contributed by atoms with E-state index in [4.69, 9.17) is 0 Å². The Balaban J connectivity index is 2.26. The van der Waals surface area contributed by atoms with Crippen LogP contribution in [0.25, 0.3) is 0 Å². The van der Waals surface area contributed by atoms with Crippen molar-refractivity contribution in [3.63, 3.8) is 0 Å². The predicted molar refractivity (Wildman–Crippen MR) is 89.2 cm³/mol. The van der Waals surface area contributed by atoms with E-state index >= 15 is 0 Å². The molecule has 5 heteroatoms. The van der Waals surface area contributed by atoms with Crippen molar-refractivity contribution in [2.45, 2.75) is 45.6 Å². The van der Waals surface area contributed by atoms with E-state index in [0.717, 1.165) is 37.7 Å². The number of likely N-dealkylation sites (N-methyl/N-ethyl adjacent to an activating group) is 1. The minimum atomic E-state index is 0.416. The van der Waals surface area contributed by atoms with E-state index in [-0.39, 0.29) is 0 Å². The number of aromatic nitrogens is 2. The summed E-state index contributed by atoms with van der Waals surface area (Å²) >= 11 is 0. The zero-order valence-corrected chi connectivity index (χ0v) is 14.1. The highest BCUT2D eigenvalue weighted by atomic mass is 15.3. The molecular formula is C16H29N5. The minimum Gasteiger partial charge on any atom is -0.370 e. The Kier molecular flexibility index (Phi) is 5.39. The monoisotopic (exact) mass is 291 g/mol. The molecule has 1 N–H and O–H groups in total. The van der Waals surface area contributed by atoms with E-state index in [9.17, 15) is 0 Å². The van der Waals surface area contributed by atoms with Crippen molar-refractivity contribution < 1.29 is 0 Å². The molecule has 1 aromatic rings. The zero-order valence-electron chi connectivity index (χ0n) is 14.1. The summed E-state index contributed by atoms with van der Waals surface area (Å²) in [4.78, 5) is 13.8. The van der Waals surface area contributed by atoms with E-state index in [0.29, 0.717) is 12.0 Å². The molecule has 0 bridgehead atoms. The van der Waals surface area contributed by atoms with Crippen LogP contribution >= 0.6 is 0 Å². The maximum absolute atomic E-state index is 4.60. The average Bonchev–Trinajstić information content (AvgIpc) is 2.94. The Morgan fingerprint density at radius 1 is 1.38 bits per heavy atom. The quantitative estimate of drug-likeness (QED) is 0.872. The number of rotatable bonds is 6. The lowest BCUT2D eigenvalue weighted by molar-refractivity contribution is 0.315. The fourth-order valence-electron chi connectivity index (χ4n) is 2.91. The summed E-state index contributed by atoms with van der Waals surface area (Å²) in [6, 6.07) is 0.618. The van der Waals surface area contributed by atoms with Crippen molar-refractivity contribution in [2.24, 2.45) is 0 Å². The van der Waals surface area contributed by atoms with Gasteiger partial charge in [-0.1, -0.05) is 20.8 Å². The van der Waals surface area contributed by atoms with Crippen LogP contribution in [0.15, 0.2) is 6.33 Å². The Hall–Kier alpha value is -1.36. The van der Waals surface area contributed by atoms with Gasteiger partial charge in [0.2, 0.25) is 0 Å². The predicted octanol–water partition coefficient (Wildman–Crippen LogP) is 2.56. The standard InChI is InChI=1S/C16H29N5/c1-6-8-17-15-14(12(2)3)16(19-11-18-15)21-9-7-13(10-21)20(4)5/h11-13H,6-10H2,1-5H3,(H,17,18,19). The van der Waals surface area contributed by atoms with E-state index in [1.807, 2.05) is 0 Å². The first-order valence-electron chi connectivity index (χ1n) is 8.04. The third kappa shape index (κ3) is 3.64. The molecule has 0 spiro atoms. The van der Waals surface area contributed by atoms with Crippen molar-refractivity contribution in [2.75, 3.05) is 43.9 Å². The maximum Gasteiger partial charge on any atom is 0.137 e. The third-order valence-corrected chi connectivity index (χ3v) is 4.18. The highest BCUT2D eigenvalue weighted by molar-refractivity contribution is 5.60. The topological polar surface area (TPSA) is 44.3 Å². The molecule has 1 fully saturated rings. The Morgan fingerprint density at radius 3 is 2.71 bits per heavy atom. The molecule has 0 amide bonds. The maximum atomic E-state index is 4.60. The summed E-state index contributed by atoms with van der Waals surface area (Å²) in [6.07, 6.45) is 4.00. The van der Waals surface area contributed by atoms with Gasteiger partial charge < -0.3 is 15.1 Å². The van der Waals surface area contributed by atoms with Crippen LogP contribution in [-0.4, -0.2) is 54.6 Å². The van der Waals surface area contributed by atoms with Gasteiger partial charge in [0.1, 0.15) is 18.0 Å². The van der Waals surface area contributed by atoms with Crippen molar-refractivity contribution in [3.05, 3.63) is 11.9 Å². The van der Waals surface area contributed by atoms with Gasteiger partial charge in [0, 0.05) is 31.2 Å². The first kappa shape index (κ1) is 16.0. The van der Waals surface area contributed by atoms with Gasteiger partial charge in [-0.3, -0.25) is 0 Å². The molecule has 0 saturated carbocycles. The van der Waals surface area contributed by atoms with Crippen LogP contribution in [0, 0.1) is 0 Å². The average molecular weight is 291 g/mol. The smallest absolute Gasteiger partial charge is 0.137 e. The van der Waals surface area contributed by atoms with Gasteiger partial charge in [-0.05, 0) is 32.9 Å². The molecular weight excluding hydrogens is 262 g/mol. The molecule has 21 heavy (non-hydrogen) atoms. The molecule has 1 aliphatic rings. The highest BCUT2D eigenvalue weighted by Crippen LogP contribution is 2.32. The van der Waals surface area contributed by atoms with Crippen LogP contribution in [0.4, 0.5) is 11.6 Å². The summed E-state index contributed by atoms with van der Waals surface area (Å²) in [7, 11) is 4.32. The van der Waals surface area contributed by atoms with E-state index in [2.05, 4.69) is 60.0 Å². The van der Waals surface area contributed by atoms with Gasteiger partial charge >= 0.3 is 0 Å². The first-order valence-corrected chi connectivity index (χ1v) is 8.04. The molecule has 1 saturated heterocycles. The van der Waals surface area contributed by atoms with Crippen LogP contribution in [-0.2, 0) is 0 Å². The number of anilines is 2. The van der Waals surface area contributed by atoms with Crippen molar-refractivity contribution in [1.82, 2.24) is 14.9 Å². The van der Waals surface area contributed by atoms with Crippen LogP contribution in [0.5, 0.6) is 0 Å². The Bertz CT molecular complexity index is 458. The number of hydrogen-bond acceptors (Lipinski definition) is 5. The van der Waals surface area contributed by atoms with Crippen LogP contribution in [0.3, 0.4) is 0 Å². The Labute approximate surface area is 128 Å². The van der Waals surface area contributed by atoms with E-state index in [1.165, 1.54) is 12.0 Å². The van der Waals surface area contributed by atoms with Crippen LogP contribution in [0.2, 0.25) is 0 Å². The van der Waals surface area contributed by atoms with E-state index in [1.54, 1.807) is 6.33 Å². The molecule has 1 unspecified atom stereocenters. The highest BCUT2D eigenvalue weighted by Gasteiger charge is 2.28. The van der Waals surface area contributed by atoms with Gasteiger partial charge in [-0.25, -0.2) is 9.97 Å². The second-order valence-electron chi connectivity index (χ2n) is 6.39. The molecule has 2 heterocycles. The van der Waals surface area contributed by atoms with Crippen LogP contribution in [0.1, 0.15) is 45.1 Å². The fraction of sp³-hybridized carbons (Fsp3) is 0.750. The van der Waals surface area contributed by atoms with Gasteiger partial charge in [0.15, 0.2) is 0 Å². The van der Waals surface area contributed by atoms with Crippen molar-refractivity contribution in [3.8, 4) is 0 Å². The largest absolute Gasteiger partial charge is 0.370 e. The fourth-order valence-corrected chi connectivity index (χ4v) is 2.91. The molecule has 118 valence electrons. The molecule has 5 nitrogen and oxygen atoms in total. The number of nitrogens with one attached hydrogen (secondary N) is 1. The van der Waals surface area contributed by atoms with Crippen molar-refractivity contribution >= 4 is 11.6 Å². The molecule has 0 aliphatic carbocycles. The van der Waals surface area contributed by atoms with Gasteiger partial charge in [0.25, 0.3) is 0 Å². The zero-order chi connectivity index (χ0) is 15.4. The second kappa shape index (κ2) is 7.07.